The molecule has 0 saturated heterocycles. The summed E-state index contributed by atoms with van der Waals surface area (Å²) >= 11 is 6.81. The number of benzene rings is 3. The zero-order chi connectivity index (χ0) is 39.6. The van der Waals surface area contributed by atoms with E-state index in [1.807, 2.05) is 36.4 Å². The van der Waals surface area contributed by atoms with Crippen molar-refractivity contribution in [3.63, 3.8) is 0 Å². The predicted molar refractivity (Wildman–Crippen MR) is 221 cm³/mol. The van der Waals surface area contributed by atoms with Crippen LogP contribution in [-0.4, -0.2) is 43.6 Å². The molecule has 56 heavy (non-hydrogen) atoms. The van der Waals surface area contributed by atoms with Crippen LogP contribution in [0.1, 0.15) is 46.0 Å². The van der Waals surface area contributed by atoms with Crippen molar-refractivity contribution < 1.29 is 18.7 Å². The van der Waals surface area contributed by atoms with Crippen LogP contribution in [0.5, 0.6) is 5.75 Å². The largest absolute Gasteiger partial charge is 0.494 e. The highest BCUT2D eigenvalue weighted by molar-refractivity contribution is 9.10. The molecule has 1 aliphatic rings. The first-order chi connectivity index (χ1) is 27.2. The molecule has 0 atom stereocenters. The highest BCUT2D eigenvalue weighted by atomic mass is 79.9. The molecule has 0 aliphatic carbocycles. The molecule has 290 valence electrons. The van der Waals surface area contributed by atoms with E-state index < -0.39 is 11.9 Å². The van der Waals surface area contributed by atoms with Crippen molar-refractivity contribution in [2.45, 2.75) is 51.5 Å². The van der Waals surface area contributed by atoms with Crippen LogP contribution in [0.2, 0.25) is 0 Å². The van der Waals surface area contributed by atoms with E-state index in [0.29, 0.717) is 48.6 Å². The Hall–Kier alpha value is -5.31. The van der Waals surface area contributed by atoms with E-state index >= 15 is 0 Å². The summed E-state index contributed by atoms with van der Waals surface area (Å²) in [5.41, 5.74) is 6.51. The number of ether oxygens (including phenoxy) is 2. The van der Waals surface area contributed by atoms with E-state index in [0.717, 1.165) is 33.3 Å². The van der Waals surface area contributed by atoms with Gasteiger partial charge in [0.05, 0.1) is 32.5 Å². The number of rotatable bonds is 12. The van der Waals surface area contributed by atoms with Crippen molar-refractivity contribution >= 4 is 43.8 Å². The molecule has 7 rings (SSSR count). The van der Waals surface area contributed by atoms with Crippen molar-refractivity contribution in [2.75, 3.05) is 19.0 Å². The molecule has 14 heteroatoms. The van der Waals surface area contributed by atoms with Crippen LogP contribution in [-0.2, 0) is 49.3 Å². The molecule has 0 unspecified atom stereocenters. The minimum Gasteiger partial charge on any atom is -0.494 e. The standard InChI is InChI=1S/C29H29BrFN5O4.C13H12BrNO/c1-3-40-29(38)36-24-18-34(15-19-7-9-20(10-8-19)16-35-13-5-4-6-26(35)37)17-22(24)28(33-36)32-14-21-23(30)11-12-25(39-2)27(21)31;14-9-11-4-6-12(7-5-11)10-15-8-2-1-3-13(15)16/h4-13H,3,14-18H2,1-2H3,(H,32,33);1-8H,9-10H2. The van der Waals surface area contributed by atoms with Gasteiger partial charge >= 0.3 is 6.09 Å². The fourth-order valence-electron chi connectivity index (χ4n) is 6.28. The molecular formula is C42H41Br2FN6O5. The van der Waals surface area contributed by atoms with Crippen LogP contribution in [0.25, 0.3) is 0 Å². The fourth-order valence-corrected chi connectivity index (χ4v) is 7.10. The first kappa shape index (κ1) is 40.4. The molecule has 1 N–H and O–H groups in total. The van der Waals surface area contributed by atoms with Crippen molar-refractivity contribution in [3.8, 4) is 5.75 Å². The van der Waals surface area contributed by atoms with Gasteiger partial charge in [0.1, 0.15) is 0 Å². The summed E-state index contributed by atoms with van der Waals surface area (Å²) in [5.74, 6) is 0.187. The molecule has 0 spiro atoms. The van der Waals surface area contributed by atoms with Gasteiger partial charge in [0, 0.05) is 71.6 Å². The van der Waals surface area contributed by atoms with Gasteiger partial charge < -0.3 is 23.9 Å². The van der Waals surface area contributed by atoms with Gasteiger partial charge in [0.2, 0.25) is 0 Å². The number of anilines is 1. The number of fused-ring (bicyclic) bond motifs is 1. The van der Waals surface area contributed by atoms with Crippen LogP contribution in [0.3, 0.4) is 0 Å². The summed E-state index contributed by atoms with van der Waals surface area (Å²) in [6, 6.07) is 30.0. The number of methoxy groups -OCH3 is 1. The molecule has 3 aromatic carbocycles. The van der Waals surface area contributed by atoms with Crippen LogP contribution in [0.4, 0.5) is 15.0 Å². The van der Waals surface area contributed by atoms with Gasteiger partial charge in [0.15, 0.2) is 17.4 Å². The van der Waals surface area contributed by atoms with E-state index in [4.69, 9.17) is 9.47 Å². The maximum absolute atomic E-state index is 14.9. The maximum Gasteiger partial charge on any atom is 0.435 e. The molecule has 0 radical (unpaired) electrons. The second kappa shape index (κ2) is 19.0. The Bertz CT molecular complexity index is 2400. The lowest BCUT2D eigenvalue weighted by atomic mass is 10.1. The molecule has 4 heterocycles. The molecular weight excluding hydrogens is 847 g/mol. The average molecular weight is 889 g/mol. The SMILES string of the molecule is CCOC(=O)n1nc(NCc2c(Br)ccc(OC)c2F)c2c1CN(Cc1ccc(Cn3ccccc3=O)cc1)C2.O=c1ccccn1Cc1ccc(CBr)cc1. The predicted octanol–water partition coefficient (Wildman–Crippen LogP) is 7.93. The third-order valence-corrected chi connectivity index (χ3v) is 10.6. The number of nitrogens with one attached hydrogen (secondary N) is 1. The van der Waals surface area contributed by atoms with Crippen LogP contribution >= 0.6 is 31.9 Å². The van der Waals surface area contributed by atoms with Gasteiger partial charge in [-0.05, 0) is 53.4 Å². The number of carbonyl (C=O) groups excluding carboxylic acids is 1. The van der Waals surface area contributed by atoms with E-state index in [9.17, 15) is 18.8 Å². The summed E-state index contributed by atoms with van der Waals surface area (Å²) < 4.78 is 30.5. The topological polar surface area (TPSA) is 113 Å². The zero-order valence-electron chi connectivity index (χ0n) is 31.0. The van der Waals surface area contributed by atoms with Crippen molar-refractivity contribution in [3.05, 3.63) is 180 Å². The van der Waals surface area contributed by atoms with Gasteiger partial charge in [-0.25, -0.2) is 9.18 Å². The van der Waals surface area contributed by atoms with Gasteiger partial charge in [-0.1, -0.05) is 92.5 Å². The van der Waals surface area contributed by atoms with E-state index in [1.54, 1.807) is 64.8 Å². The monoisotopic (exact) mass is 886 g/mol. The van der Waals surface area contributed by atoms with E-state index in [2.05, 4.69) is 71.4 Å². The Morgan fingerprint density at radius 3 is 1.91 bits per heavy atom. The number of aromatic nitrogens is 4. The fraction of sp³-hybridized carbons (Fsp3) is 0.238. The summed E-state index contributed by atoms with van der Waals surface area (Å²) in [7, 11) is 1.42. The smallest absolute Gasteiger partial charge is 0.435 e. The van der Waals surface area contributed by atoms with Gasteiger partial charge in [-0.2, -0.15) is 4.68 Å². The van der Waals surface area contributed by atoms with E-state index in [1.165, 1.54) is 17.4 Å². The van der Waals surface area contributed by atoms with Gasteiger partial charge in [0.25, 0.3) is 11.1 Å². The summed E-state index contributed by atoms with van der Waals surface area (Å²) in [6.45, 7) is 4.95. The average Bonchev–Trinajstić information content (AvgIpc) is 3.77. The first-order valence-corrected chi connectivity index (χ1v) is 19.9. The first-order valence-electron chi connectivity index (χ1n) is 17.9. The van der Waals surface area contributed by atoms with Crippen LogP contribution in [0.15, 0.2) is 124 Å². The molecule has 0 saturated carbocycles. The van der Waals surface area contributed by atoms with Crippen LogP contribution in [0, 0.1) is 5.82 Å². The third kappa shape index (κ3) is 9.91. The molecule has 0 fully saturated rings. The number of pyridine rings is 2. The summed E-state index contributed by atoms with van der Waals surface area (Å²) in [4.78, 5) is 38.4. The van der Waals surface area contributed by atoms with Crippen molar-refractivity contribution in [1.29, 1.82) is 0 Å². The number of hydrogen-bond acceptors (Lipinski definition) is 8. The summed E-state index contributed by atoms with van der Waals surface area (Å²) in [6.07, 6.45) is 3.03. The second-order valence-corrected chi connectivity index (χ2v) is 14.4. The molecule has 0 amide bonds. The molecule has 11 nitrogen and oxygen atoms in total. The third-order valence-electron chi connectivity index (χ3n) is 9.20. The number of hydrogen-bond donors (Lipinski definition) is 1. The Labute approximate surface area is 340 Å². The number of alkyl halides is 1. The highest BCUT2D eigenvalue weighted by Gasteiger charge is 2.31. The van der Waals surface area contributed by atoms with Crippen molar-refractivity contribution in [1.82, 2.24) is 23.8 Å². The lowest BCUT2D eigenvalue weighted by molar-refractivity contribution is 0.148. The Kier molecular flexibility index (Phi) is 13.7. The minimum atomic E-state index is -0.553. The second-order valence-electron chi connectivity index (χ2n) is 13.0. The van der Waals surface area contributed by atoms with Crippen LogP contribution < -0.4 is 21.2 Å². The Morgan fingerprint density at radius 2 is 1.38 bits per heavy atom. The molecule has 6 aromatic rings. The molecule has 1 aliphatic heterocycles. The normalized spacial score (nSPS) is 12.1. The zero-order valence-corrected chi connectivity index (χ0v) is 34.1. The maximum atomic E-state index is 14.9. The Morgan fingerprint density at radius 1 is 0.804 bits per heavy atom. The van der Waals surface area contributed by atoms with Gasteiger partial charge in [-0.3, -0.25) is 14.5 Å². The lowest BCUT2D eigenvalue weighted by Gasteiger charge is -2.17. The number of carbonyl (C=O) groups is 1. The minimum absolute atomic E-state index is 0.0343. The Balaban J connectivity index is 0.000000277. The quantitative estimate of drug-likeness (QED) is 0.124. The van der Waals surface area contributed by atoms with Crippen molar-refractivity contribution in [2.24, 2.45) is 0 Å². The highest BCUT2D eigenvalue weighted by Crippen LogP contribution is 2.33. The lowest BCUT2D eigenvalue weighted by Crippen LogP contribution is -2.22. The van der Waals surface area contributed by atoms with E-state index in [-0.39, 0.29) is 30.0 Å². The number of nitrogens with zero attached hydrogens (tertiary/aromatic N) is 5. The molecule has 0 bridgehead atoms. The van der Waals surface area contributed by atoms with Gasteiger partial charge in [-0.15, -0.1) is 5.10 Å². The summed E-state index contributed by atoms with van der Waals surface area (Å²) in [5, 5.41) is 8.55. The number of halogens is 3. The molecule has 3 aromatic heterocycles.